The fraction of sp³-hybridized carbons (Fsp3) is 0.120. The van der Waals surface area contributed by atoms with E-state index in [2.05, 4.69) is 90.6 Å². The normalized spacial score (nSPS) is 12.3. The second-order valence-corrected chi connectivity index (χ2v) is 6.50. The maximum Gasteiger partial charge on any atom is 0.0970 e. The Hall–Kier alpha value is -3.26. The zero-order chi connectivity index (χ0) is 18.6. The van der Waals surface area contributed by atoms with Gasteiger partial charge in [-0.25, -0.2) is 0 Å². The summed E-state index contributed by atoms with van der Waals surface area (Å²) in [5.74, 6) is 0. The van der Waals surface area contributed by atoms with Crippen molar-refractivity contribution in [1.82, 2.24) is 9.97 Å². The van der Waals surface area contributed by atoms with Crippen LogP contribution in [0.2, 0.25) is 0 Å². The summed E-state index contributed by atoms with van der Waals surface area (Å²) >= 11 is 0. The standard InChI is InChI=1S/C25H22N2/c1-3-5-9-18(4-2)20-14-16-26-24-22(20)12-13-23-21(15-17-27-25(23)24)19-10-7-6-8-11-19/h4-17H,3H2,1-2H3/b9-5-,18-4+. The van der Waals surface area contributed by atoms with E-state index in [0.717, 1.165) is 28.2 Å². The lowest BCUT2D eigenvalue weighted by Gasteiger charge is -2.11. The number of rotatable bonds is 4. The minimum Gasteiger partial charge on any atom is -0.254 e. The lowest BCUT2D eigenvalue weighted by molar-refractivity contribution is 1.22. The van der Waals surface area contributed by atoms with E-state index in [1.807, 2.05) is 18.5 Å². The van der Waals surface area contributed by atoms with Crippen molar-refractivity contribution in [3.05, 3.63) is 90.8 Å². The zero-order valence-corrected chi connectivity index (χ0v) is 15.7. The van der Waals surface area contributed by atoms with Gasteiger partial charge in [-0.2, -0.15) is 0 Å². The van der Waals surface area contributed by atoms with Crippen LogP contribution in [0, 0.1) is 0 Å². The number of allylic oxidation sites excluding steroid dienone is 4. The molecule has 0 saturated heterocycles. The first-order chi connectivity index (χ1) is 13.3. The Morgan fingerprint density at radius 2 is 1.56 bits per heavy atom. The summed E-state index contributed by atoms with van der Waals surface area (Å²) in [5, 5.41) is 2.27. The van der Waals surface area contributed by atoms with Gasteiger partial charge in [0.15, 0.2) is 0 Å². The number of aromatic nitrogens is 2. The van der Waals surface area contributed by atoms with E-state index in [1.165, 1.54) is 22.3 Å². The van der Waals surface area contributed by atoms with Gasteiger partial charge in [0, 0.05) is 23.2 Å². The molecule has 0 spiro atoms. The van der Waals surface area contributed by atoms with E-state index in [-0.39, 0.29) is 0 Å². The summed E-state index contributed by atoms with van der Waals surface area (Å²) in [6.07, 6.45) is 11.3. The maximum absolute atomic E-state index is 4.69. The molecule has 2 nitrogen and oxygen atoms in total. The fourth-order valence-electron chi connectivity index (χ4n) is 3.54. The monoisotopic (exact) mass is 350 g/mol. The molecule has 0 aliphatic carbocycles. The van der Waals surface area contributed by atoms with Crippen LogP contribution in [0.1, 0.15) is 25.8 Å². The molecule has 2 heteroatoms. The molecule has 0 bridgehead atoms. The molecule has 0 radical (unpaired) electrons. The maximum atomic E-state index is 4.69. The topological polar surface area (TPSA) is 25.8 Å². The molecule has 4 rings (SSSR count). The van der Waals surface area contributed by atoms with Crippen LogP contribution in [0.25, 0.3) is 38.5 Å². The predicted molar refractivity (Wildman–Crippen MR) is 116 cm³/mol. The van der Waals surface area contributed by atoms with E-state index in [0.29, 0.717) is 0 Å². The molecular weight excluding hydrogens is 328 g/mol. The summed E-state index contributed by atoms with van der Waals surface area (Å²) in [6.45, 7) is 4.23. The Morgan fingerprint density at radius 1 is 0.852 bits per heavy atom. The van der Waals surface area contributed by atoms with Crippen molar-refractivity contribution in [2.45, 2.75) is 20.3 Å². The van der Waals surface area contributed by atoms with Gasteiger partial charge >= 0.3 is 0 Å². The van der Waals surface area contributed by atoms with Crippen molar-refractivity contribution >= 4 is 27.4 Å². The highest BCUT2D eigenvalue weighted by molar-refractivity contribution is 6.10. The molecule has 2 aromatic heterocycles. The van der Waals surface area contributed by atoms with Crippen molar-refractivity contribution in [3.63, 3.8) is 0 Å². The second kappa shape index (κ2) is 7.55. The molecule has 0 fully saturated rings. The molecule has 0 N–H and O–H groups in total. The quantitative estimate of drug-likeness (QED) is 0.298. The van der Waals surface area contributed by atoms with Crippen LogP contribution < -0.4 is 0 Å². The first kappa shape index (κ1) is 17.2. The van der Waals surface area contributed by atoms with Gasteiger partial charge in [-0.05, 0) is 47.7 Å². The smallest absolute Gasteiger partial charge is 0.0970 e. The molecule has 0 saturated carbocycles. The molecule has 132 valence electrons. The van der Waals surface area contributed by atoms with Crippen LogP contribution in [0.4, 0.5) is 0 Å². The molecular formula is C25H22N2. The van der Waals surface area contributed by atoms with Crippen molar-refractivity contribution in [1.29, 1.82) is 0 Å². The van der Waals surface area contributed by atoms with E-state index >= 15 is 0 Å². The highest BCUT2D eigenvalue weighted by Crippen LogP contribution is 2.33. The minimum atomic E-state index is 0.950. The predicted octanol–water partition coefficient (Wildman–Crippen LogP) is 6.82. The lowest BCUT2D eigenvalue weighted by Crippen LogP contribution is -1.91. The van der Waals surface area contributed by atoms with Crippen LogP contribution in [0.15, 0.2) is 85.2 Å². The molecule has 0 amide bonds. The summed E-state index contributed by atoms with van der Waals surface area (Å²) in [5.41, 5.74) is 6.69. The van der Waals surface area contributed by atoms with Gasteiger partial charge in [-0.1, -0.05) is 67.6 Å². The van der Waals surface area contributed by atoms with Gasteiger partial charge in [0.1, 0.15) is 0 Å². The van der Waals surface area contributed by atoms with Crippen molar-refractivity contribution in [2.75, 3.05) is 0 Å². The summed E-state index contributed by atoms with van der Waals surface area (Å²) in [7, 11) is 0. The number of benzene rings is 2. The summed E-state index contributed by atoms with van der Waals surface area (Å²) in [6, 6.07) is 19.0. The zero-order valence-electron chi connectivity index (χ0n) is 15.7. The number of pyridine rings is 2. The summed E-state index contributed by atoms with van der Waals surface area (Å²) in [4.78, 5) is 9.37. The van der Waals surface area contributed by atoms with Gasteiger partial charge in [0.25, 0.3) is 0 Å². The highest BCUT2D eigenvalue weighted by Gasteiger charge is 2.11. The number of nitrogens with zero attached hydrogens (tertiary/aromatic N) is 2. The fourth-order valence-corrected chi connectivity index (χ4v) is 3.54. The Kier molecular flexibility index (Phi) is 4.80. The van der Waals surface area contributed by atoms with Gasteiger partial charge in [-0.3, -0.25) is 9.97 Å². The van der Waals surface area contributed by atoms with Crippen LogP contribution in [0.3, 0.4) is 0 Å². The van der Waals surface area contributed by atoms with Crippen LogP contribution in [-0.4, -0.2) is 9.97 Å². The van der Waals surface area contributed by atoms with Gasteiger partial charge in [-0.15, -0.1) is 0 Å². The third-order valence-electron chi connectivity index (χ3n) is 4.86. The molecule has 0 aliphatic rings. The van der Waals surface area contributed by atoms with Gasteiger partial charge < -0.3 is 0 Å². The lowest BCUT2D eigenvalue weighted by atomic mass is 9.96. The third-order valence-corrected chi connectivity index (χ3v) is 4.86. The molecule has 0 unspecified atom stereocenters. The molecule has 2 heterocycles. The Balaban J connectivity index is 1.99. The van der Waals surface area contributed by atoms with E-state index in [4.69, 9.17) is 0 Å². The van der Waals surface area contributed by atoms with Crippen molar-refractivity contribution in [2.24, 2.45) is 0 Å². The van der Waals surface area contributed by atoms with Crippen molar-refractivity contribution < 1.29 is 0 Å². The Morgan fingerprint density at radius 3 is 2.30 bits per heavy atom. The van der Waals surface area contributed by atoms with E-state index in [9.17, 15) is 0 Å². The second-order valence-electron chi connectivity index (χ2n) is 6.50. The Bertz CT molecular complexity index is 1160. The highest BCUT2D eigenvalue weighted by atomic mass is 14.7. The molecule has 0 aliphatic heterocycles. The molecule has 27 heavy (non-hydrogen) atoms. The molecule has 2 aromatic carbocycles. The van der Waals surface area contributed by atoms with Gasteiger partial charge in [0.05, 0.1) is 11.0 Å². The number of hydrogen-bond acceptors (Lipinski definition) is 2. The molecule has 0 atom stereocenters. The average molecular weight is 350 g/mol. The van der Waals surface area contributed by atoms with Crippen LogP contribution in [-0.2, 0) is 0 Å². The Labute approximate surface area is 159 Å². The number of hydrogen-bond donors (Lipinski definition) is 0. The van der Waals surface area contributed by atoms with E-state index < -0.39 is 0 Å². The third kappa shape index (κ3) is 3.15. The number of fused-ring (bicyclic) bond motifs is 3. The van der Waals surface area contributed by atoms with Crippen LogP contribution >= 0.6 is 0 Å². The summed E-state index contributed by atoms with van der Waals surface area (Å²) < 4.78 is 0. The first-order valence-corrected chi connectivity index (χ1v) is 9.38. The SMILES string of the molecule is C/C=C(\C=C/CC)c1ccnc2c1ccc1c(-c3ccccc3)ccnc12. The first-order valence-electron chi connectivity index (χ1n) is 9.38. The average Bonchev–Trinajstić information content (AvgIpc) is 2.74. The largest absolute Gasteiger partial charge is 0.254 e. The van der Waals surface area contributed by atoms with Crippen LogP contribution in [0.5, 0.6) is 0 Å². The minimum absolute atomic E-state index is 0.950. The molecule has 4 aromatic rings. The van der Waals surface area contributed by atoms with Gasteiger partial charge in [0.2, 0.25) is 0 Å². The van der Waals surface area contributed by atoms with Crippen molar-refractivity contribution in [3.8, 4) is 11.1 Å². The van der Waals surface area contributed by atoms with E-state index in [1.54, 1.807) is 0 Å².